The quantitative estimate of drug-likeness (QED) is 0.329. The summed E-state index contributed by atoms with van der Waals surface area (Å²) in [5, 5.41) is 5.68. The molecule has 1 atom stereocenters. The summed E-state index contributed by atoms with van der Waals surface area (Å²) in [6.07, 6.45) is 3.33. The lowest BCUT2D eigenvalue weighted by Crippen LogP contribution is -2.57. The lowest BCUT2D eigenvalue weighted by Gasteiger charge is -2.40. The summed E-state index contributed by atoms with van der Waals surface area (Å²) in [5.74, 6) is -0.276. The van der Waals surface area contributed by atoms with Gasteiger partial charge in [-0.05, 0) is 41.1 Å². The zero-order chi connectivity index (χ0) is 22.5. The zero-order valence-electron chi connectivity index (χ0n) is 16.6. The average Bonchev–Trinajstić information content (AvgIpc) is 3.22. The average molecular weight is 506 g/mol. The van der Waals surface area contributed by atoms with E-state index < -0.39 is 14.2 Å². The first-order chi connectivity index (χ1) is 15.3. The fourth-order valence-electron chi connectivity index (χ4n) is 3.91. The molecule has 1 unspecified atom stereocenters. The molecule has 0 aliphatic carbocycles. The Kier molecular flexibility index (Phi) is 5.38. The molecule has 3 heterocycles. The molecule has 1 amide bonds. The van der Waals surface area contributed by atoms with Crippen molar-refractivity contribution in [2.24, 2.45) is 0 Å². The number of nitrogens with one attached hydrogen (secondary N) is 1. The number of rotatable bonds is 4. The molecule has 2 aromatic carbocycles. The van der Waals surface area contributed by atoms with Gasteiger partial charge in [0.05, 0.1) is 6.54 Å². The van der Waals surface area contributed by atoms with Gasteiger partial charge in [-0.1, -0.05) is 41.4 Å². The van der Waals surface area contributed by atoms with E-state index in [4.69, 9.17) is 23.2 Å². The molecule has 1 saturated heterocycles. The van der Waals surface area contributed by atoms with E-state index in [0.29, 0.717) is 17.1 Å². The van der Waals surface area contributed by atoms with Crippen molar-refractivity contribution >= 4 is 71.1 Å². The van der Waals surface area contributed by atoms with Crippen LogP contribution in [0.25, 0.3) is 20.9 Å². The maximum Gasteiger partial charge on any atom is 0.234 e. The molecule has 0 radical (unpaired) electrons. The van der Waals surface area contributed by atoms with Crippen molar-refractivity contribution in [3.8, 4) is 0 Å². The minimum Gasteiger partial charge on any atom is -0.354 e. The van der Waals surface area contributed by atoms with E-state index >= 15 is 0 Å². The zero-order valence-corrected chi connectivity index (χ0v) is 19.7. The van der Waals surface area contributed by atoms with E-state index in [1.54, 1.807) is 48.8 Å². The molecule has 32 heavy (non-hydrogen) atoms. The third-order valence-corrected chi connectivity index (χ3v) is 10.5. The molecule has 6 nitrogen and oxygen atoms in total. The number of carbonyl (C=O) groups is 1. The van der Waals surface area contributed by atoms with Gasteiger partial charge in [-0.3, -0.25) is 14.7 Å². The van der Waals surface area contributed by atoms with Crippen molar-refractivity contribution in [1.82, 2.24) is 15.2 Å². The van der Waals surface area contributed by atoms with Crippen LogP contribution >= 0.6 is 34.5 Å². The van der Waals surface area contributed by atoms with Crippen LogP contribution < -0.4 is 5.32 Å². The number of thiophene rings is 1. The molecule has 1 aliphatic rings. The molecular weight excluding hydrogens is 489 g/mol. The number of carbonyl (C=O) groups excluding carboxylic acids is 1. The first-order valence-corrected chi connectivity index (χ1v) is 12.8. The number of sulfone groups is 1. The van der Waals surface area contributed by atoms with Gasteiger partial charge in [-0.25, -0.2) is 8.42 Å². The molecular formula is C22H17Cl2N3O3S2. The highest BCUT2D eigenvalue weighted by atomic mass is 35.5. The van der Waals surface area contributed by atoms with Crippen molar-refractivity contribution in [2.45, 2.75) is 8.54 Å². The van der Waals surface area contributed by atoms with Crippen LogP contribution in [0.2, 0.25) is 5.02 Å². The third-order valence-electron chi connectivity index (χ3n) is 5.52. The van der Waals surface area contributed by atoms with Crippen LogP contribution in [0.5, 0.6) is 0 Å². The van der Waals surface area contributed by atoms with E-state index in [0.717, 1.165) is 32.2 Å². The first kappa shape index (κ1) is 21.6. The Morgan fingerprint density at radius 1 is 1.06 bits per heavy atom. The van der Waals surface area contributed by atoms with E-state index in [2.05, 4.69) is 10.3 Å². The summed E-state index contributed by atoms with van der Waals surface area (Å²) in [6.45, 7) is 0.459. The van der Waals surface area contributed by atoms with Crippen molar-refractivity contribution in [2.75, 3.05) is 19.6 Å². The van der Waals surface area contributed by atoms with Crippen molar-refractivity contribution < 1.29 is 13.2 Å². The third kappa shape index (κ3) is 3.47. The second kappa shape index (κ2) is 7.97. The molecule has 10 heteroatoms. The largest absolute Gasteiger partial charge is 0.354 e. The van der Waals surface area contributed by atoms with Gasteiger partial charge in [0, 0.05) is 46.2 Å². The lowest BCUT2D eigenvalue weighted by molar-refractivity contribution is -0.124. The van der Waals surface area contributed by atoms with Gasteiger partial charge in [0.25, 0.3) is 0 Å². The monoisotopic (exact) mass is 505 g/mol. The molecule has 4 aromatic rings. The number of halogens is 2. The minimum atomic E-state index is -4.15. The number of nitrogens with zero attached hydrogens (tertiary/aromatic N) is 2. The van der Waals surface area contributed by atoms with E-state index in [1.165, 1.54) is 4.90 Å². The highest BCUT2D eigenvalue weighted by Crippen LogP contribution is 2.46. The fourth-order valence-corrected chi connectivity index (χ4v) is 8.19. The Bertz CT molecular complexity index is 1470. The predicted molar refractivity (Wildman–Crippen MR) is 128 cm³/mol. The highest BCUT2D eigenvalue weighted by Gasteiger charge is 2.51. The number of benzene rings is 2. The Hall–Kier alpha value is -2.23. The first-order valence-electron chi connectivity index (χ1n) is 9.78. The van der Waals surface area contributed by atoms with E-state index in [1.807, 2.05) is 12.1 Å². The van der Waals surface area contributed by atoms with Crippen LogP contribution in [0.3, 0.4) is 0 Å². The molecule has 0 spiro atoms. The number of hydrogen-bond acceptors (Lipinski definition) is 6. The van der Waals surface area contributed by atoms with Gasteiger partial charge in [-0.15, -0.1) is 11.3 Å². The number of hydrogen-bond donors (Lipinski definition) is 1. The van der Waals surface area contributed by atoms with Gasteiger partial charge < -0.3 is 5.32 Å². The van der Waals surface area contributed by atoms with Crippen LogP contribution in [0.4, 0.5) is 0 Å². The molecule has 1 fully saturated rings. The highest BCUT2D eigenvalue weighted by molar-refractivity contribution is 7.95. The lowest BCUT2D eigenvalue weighted by atomic mass is 10.1. The summed E-state index contributed by atoms with van der Waals surface area (Å²) >= 11 is 14.3. The second-order valence-corrected chi connectivity index (χ2v) is 12.1. The molecule has 1 aliphatic heterocycles. The minimum absolute atomic E-state index is 0.113. The summed E-state index contributed by atoms with van der Waals surface area (Å²) in [6, 6.07) is 13.9. The molecule has 164 valence electrons. The van der Waals surface area contributed by atoms with Crippen LogP contribution in [0.1, 0.15) is 5.56 Å². The maximum absolute atomic E-state index is 14.1. The molecule has 1 N–H and O–H groups in total. The van der Waals surface area contributed by atoms with Gasteiger partial charge in [0.15, 0.2) is 0 Å². The van der Waals surface area contributed by atoms with Crippen LogP contribution in [0.15, 0.2) is 65.1 Å². The summed E-state index contributed by atoms with van der Waals surface area (Å²) in [7, 11) is -4.15. The fraction of sp³-hybridized carbons (Fsp3) is 0.182. The Labute approximate surface area is 198 Å². The molecule has 0 saturated carbocycles. The number of aromatic nitrogens is 1. The summed E-state index contributed by atoms with van der Waals surface area (Å²) in [5.41, 5.74) is 0.366. The number of amides is 1. The van der Waals surface area contributed by atoms with Gasteiger partial charge >= 0.3 is 0 Å². The molecule has 5 rings (SSSR count). The SMILES string of the molecule is O=C1CN(C(Cl)(c2ccc3ccncc3c2)S(=O)(=O)c2cc3ccc(Cl)cc3s2)CCN1. The van der Waals surface area contributed by atoms with Crippen molar-refractivity contribution in [1.29, 1.82) is 0 Å². The maximum atomic E-state index is 14.1. The predicted octanol–water partition coefficient (Wildman–Crippen LogP) is 4.36. The van der Waals surface area contributed by atoms with Crippen LogP contribution in [0, 0.1) is 0 Å². The Morgan fingerprint density at radius 2 is 1.88 bits per heavy atom. The summed E-state index contributed by atoms with van der Waals surface area (Å²) < 4.78 is 27.1. The standard InChI is InChI=1S/C22H17Cl2N3O3S2/c23-18-4-2-15-10-21(31-19(15)11-18)32(29,30)22(24,27-8-7-26-20(28)13-27)17-3-1-14-5-6-25-12-16(14)9-17/h1-6,9-12H,7-8,13H2,(H,26,28). The van der Waals surface area contributed by atoms with Crippen LogP contribution in [-0.2, 0) is 19.0 Å². The second-order valence-electron chi connectivity index (χ2n) is 7.52. The van der Waals surface area contributed by atoms with Gasteiger partial charge in [0.2, 0.25) is 20.1 Å². The summed E-state index contributed by atoms with van der Waals surface area (Å²) in [4.78, 5) is 17.8. The van der Waals surface area contributed by atoms with E-state index in [-0.39, 0.29) is 23.2 Å². The number of fused-ring (bicyclic) bond motifs is 2. The van der Waals surface area contributed by atoms with Gasteiger partial charge in [-0.2, -0.15) is 0 Å². The van der Waals surface area contributed by atoms with Crippen LogP contribution in [-0.4, -0.2) is 43.8 Å². The normalized spacial score (nSPS) is 17.4. The number of pyridine rings is 1. The molecule has 0 bridgehead atoms. The van der Waals surface area contributed by atoms with Crippen molar-refractivity contribution in [3.63, 3.8) is 0 Å². The number of alkyl halides is 1. The Balaban J connectivity index is 1.72. The topological polar surface area (TPSA) is 79.4 Å². The van der Waals surface area contributed by atoms with Gasteiger partial charge in [0.1, 0.15) is 4.21 Å². The van der Waals surface area contributed by atoms with E-state index in [9.17, 15) is 13.2 Å². The molecule has 2 aromatic heterocycles. The Morgan fingerprint density at radius 3 is 2.69 bits per heavy atom. The van der Waals surface area contributed by atoms with Crippen molar-refractivity contribution in [3.05, 3.63) is 71.5 Å². The smallest absolute Gasteiger partial charge is 0.234 e. The number of piperazine rings is 1.